The summed E-state index contributed by atoms with van der Waals surface area (Å²) in [6.45, 7) is 3.40. The van der Waals surface area contributed by atoms with Crippen molar-refractivity contribution in [3.63, 3.8) is 0 Å². The fraction of sp³-hybridized carbons (Fsp3) is 0.579. The molecule has 0 bridgehead atoms. The molecule has 1 aliphatic heterocycles. The second-order valence-corrected chi connectivity index (χ2v) is 7.51. The Bertz CT molecular complexity index is 612. The van der Waals surface area contributed by atoms with Crippen LogP contribution in [0.25, 0.3) is 0 Å². The lowest BCUT2D eigenvalue weighted by Crippen LogP contribution is -2.46. The minimum Gasteiger partial charge on any atom is -0.342 e. The van der Waals surface area contributed by atoms with E-state index < -0.39 is 0 Å². The van der Waals surface area contributed by atoms with Crippen molar-refractivity contribution in [2.75, 3.05) is 20.1 Å². The molecule has 1 aromatic carbocycles. The fourth-order valence-corrected chi connectivity index (χ4v) is 3.54. The third kappa shape index (κ3) is 3.75. The second kappa shape index (κ2) is 7.14. The normalized spacial score (nSPS) is 22.1. The van der Waals surface area contributed by atoms with Crippen molar-refractivity contribution >= 4 is 23.4 Å². The standard InChI is InChI=1S/C19H25ClN2O2/c1-13(14-7-9-17(20)10-8-14)21(2)18(23)16-4-3-11-22(12-16)19(24)15-5-6-15/h7-10,13,15-16H,3-6,11-12H2,1-2H3/t13-,16+/m0/s1. The number of amides is 2. The van der Waals surface area contributed by atoms with E-state index >= 15 is 0 Å². The van der Waals surface area contributed by atoms with Crippen LogP contribution in [-0.4, -0.2) is 41.8 Å². The van der Waals surface area contributed by atoms with Gasteiger partial charge >= 0.3 is 0 Å². The number of piperidine rings is 1. The summed E-state index contributed by atoms with van der Waals surface area (Å²) in [6, 6.07) is 7.61. The smallest absolute Gasteiger partial charge is 0.227 e. The first-order chi connectivity index (χ1) is 11.5. The molecule has 2 atom stereocenters. The molecule has 24 heavy (non-hydrogen) atoms. The summed E-state index contributed by atoms with van der Waals surface area (Å²) >= 11 is 5.94. The van der Waals surface area contributed by atoms with Gasteiger partial charge in [0.25, 0.3) is 0 Å². The molecular formula is C19H25ClN2O2. The number of benzene rings is 1. The van der Waals surface area contributed by atoms with E-state index in [-0.39, 0.29) is 29.7 Å². The molecule has 1 saturated carbocycles. The maximum atomic E-state index is 12.9. The first-order valence-corrected chi connectivity index (χ1v) is 9.16. The quantitative estimate of drug-likeness (QED) is 0.835. The second-order valence-electron chi connectivity index (χ2n) is 7.07. The van der Waals surface area contributed by atoms with Gasteiger partial charge in [-0.1, -0.05) is 23.7 Å². The number of nitrogens with zero attached hydrogens (tertiary/aromatic N) is 2. The average molecular weight is 349 g/mol. The molecule has 1 aliphatic carbocycles. The van der Waals surface area contributed by atoms with E-state index in [9.17, 15) is 9.59 Å². The molecular weight excluding hydrogens is 324 g/mol. The maximum Gasteiger partial charge on any atom is 0.227 e. The lowest BCUT2D eigenvalue weighted by atomic mass is 9.95. The van der Waals surface area contributed by atoms with Gasteiger partial charge in [-0.25, -0.2) is 0 Å². The Morgan fingerprint density at radius 3 is 2.46 bits per heavy atom. The molecule has 2 amide bonds. The van der Waals surface area contributed by atoms with Gasteiger partial charge in [-0.2, -0.15) is 0 Å². The van der Waals surface area contributed by atoms with Gasteiger partial charge in [0, 0.05) is 31.1 Å². The van der Waals surface area contributed by atoms with Crippen molar-refractivity contribution in [1.29, 1.82) is 0 Å². The van der Waals surface area contributed by atoms with E-state index in [0.29, 0.717) is 11.6 Å². The monoisotopic (exact) mass is 348 g/mol. The Morgan fingerprint density at radius 2 is 1.83 bits per heavy atom. The predicted molar refractivity (Wildman–Crippen MR) is 94.7 cm³/mol. The molecule has 0 radical (unpaired) electrons. The van der Waals surface area contributed by atoms with Crippen LogP contribution in [0.1, 0.15) is 44.2 Å². The highest BCUT2D eigenvalue weighted by molar-refractivity contribution is 6.30. The molecule has 4 nitrogen and oxygen atoms in total. The Morgan fingerprint density at radius 1 is 1.17 bits per heavy atom. The van der Waals surface area contributed by atoms with Crippen LogP contribution in [0, 0.1) is 11.8 Å². The van der Waals surface area contributed by atoms with Gasteiger partial charge in [-0.05, 0) is 50.3 Å². The van der Waals surface area contributed by atoms with Gasteiger partial charge in [-0.15, -0.1) is 0 Å². The minimum absolute atomic E-state index is 0.00993. The van der Waals surface area contributed by atoms with E-state index in [2.05, 4.69) is 0 Å². The molecule has 2 aliphatic rings. The number of carbonyl (C=O) groups excluding carboxylic acids is 2. The van der Waals surface area contributed by atoms with Crippen molar-refractivity contribution in [1.82, 2.24) is 9.80 Å². The fourth-order valence-electron chi connectivity index (χ4n) is 3.41. The average Bonchev–Trinajstić information content (AvgIpc) is 3.45. The van der Waals surface area contributed by atoms with E-state index in [1.54, 1.807) is 4.90 Å². The van der Waals surface area contributed by atoms with Crippen LogP contribution in [0.2, 0.25) is 5.02 Å². The highest BCUT2D eigenvalue weighted by atomic mass is 35.5. The topological polar surface area (TPSA) is 40.6 Å². The van der Waals surface area contributed by atoms with Crippen LogP contribution in [-0.2, 0) is 9.59 Å². The van der Waals surface area contributed by atoms with Gasteiger partial charge in [-0.3, -0.25) is 9.59 Å². The molecule has 130 valence electrons. The number of halogens is 1. The molecule has 0 unspecified atom stereocenters. The Hall–Kier alpha value is -1.55. The molecule has 0 spiro atoms. The zero-order valence-corrected chi connectivity index (χ0v) is 15.1. The van der Waals surface area contributed by atoms with Gasteiger partial charge < -0.3 is 9.80 Å². The van der Waals surface area contributed by atoms with Crippen LogP contribution >= 0.6 is 11.6 Å². The Balaban J connectivity index is 1.63. The van der Waals surface area contributed by atoms with Crippen LogP contribution in [0.3, 0.4) is 0 Å². The molecule has 5 heteroatoms. The van der Waals surface area contributed by atoms with Crippen molar-refractivity contribution in [3.8, 4) is 0 Å². The largest absolute Gasteiger partial charge is 0.342 e. The number of hydrogen-bond donors (Lipinski definition) is 0. The zero-order chi connectivity index (χ0) is 17.3. The number of carbonyl (C=O) groups is 2. The summed E-state index contributed by atoms with van der Waals surface area (Å²) in [5.74, 6) is 0.525. The van der Waals surface area contributed by atoms with Crippen molar-refractivity contribution in [2.45, 2.75) is 38.6 Å². The highest BCUT2D eigenvalue weighted by Gasteiger charge is 2.37. The third-order valence-electron chi connectivity index (χ3n) is 5.29. The van der Waals surface area contributed by atoms with Gasteiger partial charge in [0.2, 0.25) is 11.8 Å². The van der Waals surface area contributed by atoms with Crippen molar-refractivity contribution in [3.05, 3.63) is 34.9 Å². The molecule has 2 fully saturated rings. The molecule has 0 aromatic heterocycles. The number of rotatable bonds is 4. The zero-order valence-electron chi connectivity index (χ0n) is 14.4. The van der Waals surface area contributed by atoms with Crippen molar-refractivity contribution in [2.24, 2.45) is 11.8 Å². The van der Waals surface area contributed by atoms with E-state index in [0.717, 1.165) is 37.8 Å². The SMILES string of the molecule is C[C@@H](c1ccc(Cl)cc1)N(C)C(=O)[C@@H]1CCCN(C(=O)C2CC2)C1. The maximum absolute atomic E-state index is 12.9. The summed E-state index contributed by atoms with van der Waals surface area (Å²) in [5.41, 5.74) is 1.07. The van der Waals surface area contributed by atoms with E-state index in [4.69, 9.17) is 11.6 Å². The number of hydrogen-bond acceptors (Lipinski definition) is 2. The van der Waals surface area contributed by atoms with Crippen molar-refractivity contribution < 1.29 is 9.59 Å². The number of likely N-dealkylation sites (tertiary alicyclic amines) is 1. The highest BCUT2D eigenvalue weighted by Crippen LogP contribution is 2.33. The minimum atomic E-state index is -0.0822. The van der Waals surface area contributed by atoms with Gasteiger partial charge in [0.1, 0.15) is 0 Å². The third-order valence-corrected chi connectivity index (χ3v) is 5.54. The van der Waals surface area contributed by atoms with Gasteiger partial charge in [0.15, 0.2) is 0 Å². The van der Waals surface area contributed by atoms with Crippen LogP contribution in [0.15, 0.2) is 24.3 Å². The Kier molecular flexibility index (Phi) is 5.14. The summed E-state index contributed by atoms with van der Waals surface area (Å²) in [5, 5.41) is 0.696. The lowest BCUT2D eigenvalue weighted by molar-refractivity contribution is -0.141. The predicted octanol–water partition coefficient (Wildman–Crippen LogP) is 3.51. The molecule has 1 heterocycles. The van der Waals surface area contributed by atoms with Crippen LogP contribution < -0.4 is 0 Å². The molecule has 1 saturated heterocycles. The lowest BCUT2D eigenvalue weighted by Gasteiger charge is -2.36. The molecule has 3 rings (SSSR count). The van der Waals surface area contributed by atoms with E-state index in [1.165, 1.54) is 0 Å². The van der Waals surface area contributed by atoms with Crippen LogP contribution in [0.4, 0.5) is 0 Å². The summed E-state index contributed by atoms with van der Waals surface area (Å²) in [7, 11) is 1.85. The first kappa shape index (κ1) is 17.3. The Labute approximate surface area is 148 Å². The summed E-state index contributed by atoms with van der Waals surface area (Å²) in [6.07, 6.45) is 3.81. The van der Waals surface area contributed by atoms with Crippen LogP contribution in [0.5, 0.6) is 0 Å². The molecule has 1 aromatic rings. The summed E-state index contributed by atoms with van der Waals surface area (Å²) in [4.78, 5) is 28.9. The molecule has 0 N–H and O–H groups in total. The van der Waals surface area contributed by atoms with Gasteiger partial charge in [0.05, 0.1) is 12.0 Å². The first-order valence-electron chi connectivity index (χ1n) is 8.78. The summed E-state index contributed by atoms with van der Waals surface area (Å²) < 4.78 is 0. The van der Waals surface area contributed by atoms with E-state index in [1.807, 2.05) is 43.1 Å².